The molecule has 1 amide bonds. The summed E-state index contributed by atoms with van der Waals surface area (Å²) in [6.07, 6.45) is 0.582. The van der Waals surface area contributed by atoms with Crippen LogP contribution < -0.4 is 10.2 Å². The Labute approximate surface area is 123 Å². The summed E-state index contributed by atoms with van der Waals surface area (Å²) in [5.41, 5.74) is -0.505. The fourth-order valence-corrected chi connectivity index (χ4v) is 2.66. The average molecular weight is 292 g/mol. The first-order valence-electron chi connectivity index (χ1n) is 6.95. The highest BCUT2D eigenvalue weighted by Gasteiger charge is 2.47. The summed E-state index contributed by atoms with van der Waals surface area (Å²) in [6, 6.07) is 3.30. The summed E-state index contributed by atoms with van der Waals surface area (Å²) in [4.78, 5) is 24.9. The van der Waals surface area contributed by atoms with Gasteiger partial charge < -0.3 is 15.3 Å². The first-order chi connectivity index (χ1) is 9.90. The third-order valence-electron chi connectivity index (χ3n) is 4.27. The second kappa shape index (κ2) is 5.67. The highest BCUT2D eigenvalue weighted by atomic mass is 16.4. The lowest BCUT2D eigenvalue weighted by molar-refractivity contribution is -0.150. The molecule has 1 aliphatic rings. The lowest BCUT2D eigenvalue weighted by Gasteiger charge is -2.28. The molecule has 0 radical (unpaired) electrons. The van der Waals surface area contributed by atoms with E-state index in [0.29, 0.717) is 25.3 Å². The molecule has 0 aliphatic carbocycles. The van der Waals surface area contributed by atoms with E-state index in [1.54, 1.807) is 12.1 Å². The fourth-order valence-electron chi connectivity index (χ4n) is 2.66. The van der Waals surface area contributed by atoms with Crippen molar-refractivity contribution < 1.29 is 14.7 Å². The summed E-state index contributed by atoms with van der Waals surface area (Å²) in [5.74, 6) is -0.419. The van der Waals surface area contributed by atoms with Crippen LogP contribution in [0.3, 0.4) is 0 Å². The quantitative estimate of drug-likeness (QED) is 0.851. The van der Waals surface area contributed by atoms with Crippen molar-refractivity contribution >= 4 is 17.7 Å². The van der Waals surface area contributed by atoms with Gasteiger partial charge in [0, 0.05) is 20.1 Å². The van der Waals surface area contributed by atoms with Crippen LogP contribution in [0.25, 0.3) is 0 Å². The maximum absolute atomic E-state index is 11.6. The van der Waals surface area contributed by atoms with Gasteiger partial charge in [0.2, 0.25) is 0 Å². The number of amides is 1. The van der Waals surface area contributed by atoms with Crippen molar-refractivity contribution in [1.29, 1.82) is 0 Å². The Morgan fingerprint density at radius 1 is 1.38 bits per heavy atom. The molecular weight excluding hydrogens is 272 g/mol. The van der Waals surface area contributed by atoms with Gasteiger partial charge >= 0.3 is 5.97 Å². The highest BCUT2D eigenvalue weighted by molar-refractivity contribution is 5.91. The maximum atomic E-state index is 11.6. The van der Waals surface area contributed by atoms with Crippen molar-refractivity contribution in [2.45, 2.75) is 20.3 Å². The van der Waals surface area contributed by atoms with E-state index in [2.05, 4.69) is 15.5 Å². The zero-order valence-corrected chi connectivity index (χ0v) is 12.5. The number of carbonyl (C=O) groups is 2. The van der Waals surface area contributed by atoms with Crippen LogP contribution in [0.2, 0.25) is 0 Å². The number of hydrogen-bond acceptors (Lipinski definition) is 5. The summed E-state index contributed by atoms with van der Waals surface area (Å²) < 4.78 is 0. The van der Waals surface area contributed by atoms with E-state index in [4.69, 9.17) is 0 Å². The topological polar surface area (TPSA) is 95.4 Å². The number of carbonyl (C=O) groups excluding carboxylic acids is 1. The Kier molecular flexibility index (Phi) is 4.11. The van der Waals surface area contributed by atoms with Crippen molar-refractivity contribution in [2.24, 2.45) is 11.3 Å². The van der Waals surface area contributed by atoms with Crippen molar-refractivity contribution in [2.75, 3.05) is 25.0 Å². The Bertz CT molecular complexity index is 544. The van der Waals surface area contributed by atoms with Crippen LogP contribution in [-0.4, -0.2) is 47.3 Å². The molecule has 2 heterocycles. The van der Waals surface area contributed by atoms with Gasteiger partial charge in [-0.15, -0.1) is 10.2 Å². The molecule has 1 saturated heterocycles. The van der Waals surface area contributed by atoms with E-state index in [9.17, 15) is 14.7 Å². The van der Waals surface area contributed by atoms with Crippen LogP contribution in [0.4, 0.5) is 5.82 Å². The van der Waals surface area contributed by atoms with Crippen molar-refractivity contribution in [3.8, 4) is 0 Å². The molecule has 1 aromatic rings. The number of carboxylic acids is 1. The minimum absolute atomic E-state index is 0.0399. The molecule has 7 heteroatoms. The lowest BCUT2D eigenvalue weighted by Crippen LogP contribution is -2.39. The van der Waals surface area contributed by atoms with Crippen LogP contribution in [0.15, 0.2) is 12.1 Å². The number of nitrogens with one attached hydrogen (secondary N) is 1. The molecule has 1 atom stereocenters. The van der Waals surface area contributed by atoms with Gasteiger partial charge in [0.15, 0.2) is 11.5 Å². The first-order valence-corrected chi connectivity index (χ1v) is 6.95. The predicted molar refractivity (Wildman–Crippen MR) is 77.2 cm³/mol. The molecule has 7 nitrogen and oxygen atoms in total. The zero-order chi connectivity index (χ0) is 15.6. The normalized spacial score (nSPS) is 21.6. The molecule has 1 aromatic heterocycles. The molecule has 1 fully saturated rings. The number of nitrogens with zero attached hydrogens (tertiary/aromatic N) is 3. The zero-order valence-electron chi connectivity index (χ0n) is 12.5. The summed E-state index contributed by atoms with van der Waals surface area (Å²) in [5, 5.41) is 19.9. The van der Waals surface area contributed by atoms with Gasteiger partial charge in [-0.1, -0.05) is 13.8 Å². The number of hydrogen-bond donors (Lipinski definition) is 2. The largest absolute Gasteiger partial charge is 0.481 e. The van der Waals surface area contributed by atoms with E-state index < -0.39 is 11.4 Å². The van der Waals surface area contributed by atoms with E-state index in [0.717, 1.165) is 0 Å². The second-order valence-corrected chi connectivity index (χ2v) is 5.64. The molecule has 21 heavy (non-hydrogen) atoms. The summed E-state index contributed by atoms with van der Waals surface area (Å²) in [6.45, 7) is 4.89. The monoisotopic (exact) mass is 292 g/mol. The van der Waals surface area contributed by atoms with Crippen LogP contribution >= 0.6 is 0 Å². The third kappa shape index (κ3) is 2.68. The van der Waals surface area contributed by atoms with E-state index >= 15 is 0 Å². The van der Waals surface area contributed by atoms with E-state index in [1.807, 2.05) is 18.7 Å². The predicted octanol–water partition coefficient (Wildman–Crippen LogP) is 0.773. The summed E-state index contributed by atoms with van der Waals surface area (Å²) in [7, 11) is 1.53. The van der Waals surface area contributed by atoms with Gasteiger partial charge in [-0.25, -0.2) is 0 Å². The molecule has 0 aromatic carbocycles. The molecule has 0 spiro atoms. The van der Waals surface area contributed by atoms with Crippen LogP contribution in [0, 0.1) is 11.3 Å². The molecule has 0 bridgehead atoms. The standard InChI is InChI=1S/C14H20N4O3/c1-9(2)14(13(20)21)6-7-18(8-14)11-5-4-10(16-17-11)12(19)15-3/h4-5,9H,6-8H2,1-3H3,(H,15,19)(H,20,21). The Balaban J connectivity index is 2.18. The second-order valence-electron chi connectivity index (χ2n) is 5.64. The number of anilines is 1. The SMILES string of the molecule is CNC(=O)c1ccc(N2CCC(C(=O)O)(C(C)C)C2)nn1. The minimum atomic E-state index is -0.769. The molecule has 0 saturated carbocycles. The number of carboxylic acid groups (broad SMARTS) is 1. The van der Waals surface area contributed by atoms with Crippen molar-refractivity contribution in [1.82, 2.24) is 15.5 Å². The number of aliphatic carboxylic acids is 1. The van der Waals surface area contributed by atoms with E-state index in [1.165, 1.54) is 7.05 Å². The average Bonchev–Trinajstić information content (AvgIpc) is 2.93. The molecule has 114 valence electrons. The molecule has 2 rings (SSSR count). The molecule has 1 unspecified atom stereocenters. The van der Waals surface area contributed by atoms with Crippen molar-refractivity contribution in [3.63, 3.8) is 0 Å². The molecular formula is C14H20N4O3. The Morgan fingerprint density at radius 3 is 2.52 bits per heavy atom. The van der Waals surface area contributed by atoms with E-state index in [-0.39, 0.29) is 17.5 Å². The summed E-state index contributed by atoms with van der Waals surface area (Å²) >= 11 is 0. The maximum Gasteiger partial charge on any atom is 0.311 e. The van der Waals surface area contributed by atoms with Gasteiger partial charge in [-0.3, -0.25) is 9.59 Å². The first kappa shape index (κ1) is 15.2. The van der Waals surface area contributed by atoms with Crippen LogP contribution in [0.1, 0.15) is 30.8 Å². The Hall–Kier alpha value is -2.18. The van der Waals surface area contributed by atoms with Gasteiger partial charge in [-0.2, -0.15) is 0 Å². The number of aromatic nitrogens is 2. The fraction of sp³-hybridized carbons (Fsp3) is 0.571. The Morgan fingerprint density at radius 2 is 2.10 bits per heavy atom. The molecule has 2 N–H and O–H groups in total. The van der Waals surface area contributed by atoms with Gasteiger partial charge in [0.05, 0.1) is 5.41 Å². The minimum Gasteiger partial charge on any atom is -0.481 e. The van der Waals surface area contributed by atoms with Crippen LogP contribution in [-0.2, 0) is 4.79 Å². The molecule has 1 aliphatic heterocycles. The lowest BCUT2D eigenvalue weighted by atomic mass is 9.76. The smallest absolute Gasteiger partial charge is 0.311 e. The van der Waals surface area contributed by atoms with Gasteiger partial charge in [0.1, 0.15) is 0 Å². The third-order valence-corrected chi connectivity index (χ3v) is 4.27. The van der Waals surface area contributed by atoms with Crippen LogP contribution in [0.5, 0.6) is 0 Å². The van der Waals surface area contributed by atoms with Gasteiger partial charge in [0.25, 0.3) is 5.91 Å². The van der Waals surface area contributed by atoms with Gasteiger partial charge in [-0.05, 0) is 24.5 Å². The number of rotatable bonds is 4. The highest BCUT2D eigenvalue weighted by Crippen LogP contribution is 2.39. The van der Waals surface area contributed by atoms with Crippen molar-refractivity contribution in [3.05, 3.63) is 17.8 Å².